The summed E-state index contributed by atoms with van der Waals surface area (Å²) in [6.45, 7) is 0.441. The first-order valence-electron chi connectivity index (χ1n) is 6.05. The molecule has 1 aromatic heterocycles. The number of carboxylic acid groups (broad SMARTS) is 1. The minimum absolute atomic E-state index is 0.107. The monoisotopic (exact) mass is 303 g/mol. The molecule has 1 saturated heterocycles. The number of amides is 1. The van der Waals surface area contributed by atoms with Gasteiger partial charge in [0.2, 0.25) is 0 Å². The number of aromatic nitrogens is 2. The van der Waals surface area contributed by atoms with Crippen molar-refractivity contribution in [3.8, 4) is 0 Å². The third-order valence-electron chi connectivity index (χ3n) is 3.51. The van der Waals surface area contributed by atoms with E-state index in [9.17, 15) is 22.8 Å². The predicted octanol–water partition coefficient (Wildman–Crippen LogP) is 1.26. The molecule has 114 valence electrons. The summed E-state index contributed by atoms with van der Waals surface area (Å²) in [5.74, 6) is -2.73. The Hall–Kier alpha value is -2.19. The number of aliphatic carboxylic acids is 1. The van der Waals surface area contributed by atoms with Gasteiger partial charge >= 0.3 is 12.1 Å². The van der Waals surface area contributed by atoms with Crippen molar-refractivity contribution in [2.24, 2.45) is 5.41 Å². The number of aryl methyl sites for hydroxylation is 1. The van der Waals surface area contributed by atoms with Crippen molar-refractivity contribution >= 4 is 11.9 Å². The first-order chi connectivity index (χ1) is 9.67. The molecule has 1 N–H and O–H groups in total. The molecule has 0 aliphatic carbocycles. The normalized spacial score (nSPS) is 22.4. The Morgan fingerprint density at radius 2 is 2.00 bits per heavy atom. The molecule has 1 aliphatic heterocycles. The minimum atomic E-state index is -4.92. The molecule has 1 fully saturated rings. The van der Waals surface area contributed by atoms with Gasteiger partial charge in [0.25, 0.3) is 5.91 Å². The van der Waals surface area contributed by atoms with Crippen LogP contribution < -0.4 is 0 Å². The van der Waals surface area contributed by atoms with Gasteiger partial charge in [0.05, 0.1) is 11.9 Å². The zero-order valence-corrected chi connectivity index (χ0v) is 11.0. The van der Waals surface area contributed by atoms with Crippen LogP contribution in [0.4, 0.5) is 13.2 Å². The lowest BCUT2D eigenvalue weighted by molar-refractivity contribution is -0.227. The lowest BCUT2D eigenvalue weighted by atomic mass is 9.86. The van der Waals surface area contributed by atoms with E-state index in [1.807, 2.05) is 0 Å². The summed E-state index contributed by atoms with van der Waals surface area (Å²) < 4.78 is 39.0. The van der Waals surface area contributed by atoms with Crippen LogP contribution in [-0.2, 0) is 4.79 Å². The van der Waals surface area contributed by atoms with E-state index in [2.05, 4.69) is 9.97 Å². The molecule has 1 unspecified atom stereocenters. The van der Waals surface area contributed by atoms with E-state index in [4.69, 9.17) is 5.11 Å². The maximum absolute atomic E-state index is 13.0. The Morgan fingerprint density at radius 3 is 2.43 bits per heavy atom. The quantitative estimate of drug-likeness (QED) is 0.889. The Kier molecular flexibility index (Phi) is 3.60. The number of halogens is 3. The molecule has 0 bridgehead atoms. The molecule has 0 saturated carbocycles. The molecular formula is C12H12F3N3O3. The number of hydrogen-bond acceptors (Lipinski definition) is 4. The predicted molar refractivity (Wildman–Crippen MR) is 63.4 cm³/mol. The summed E-state index contributed by atoms with van der Waals surface area (Å²) in [6.07, 6.45) is -3.12. The van der Waals surface area contributed by atoms with Crippen molar-refractivity contribution in [2.75, 3.05) is 13.1 Å². The Morgan fingerprint density at radius 1 is 1.33 bits per heavy atom. The molecule has 6 nitrogen and oxygen atoms in total. The third kappa shape index (κ3) is 2.55. The zero-order chi connectivity index (χ0) is 15.8. The highest BCUT2D eigenvalue weighted by Gasteiger charge is 2.64. The van der Waals surface area contributed by atoms with Crippen LogP contribution in [0.5, 0.6) is 0 Å². The van der Waals surface area contributed by atoms with Crippen molar-refractivity contribution in [1.29, 1.82) is 0 Å². The van der Waals surface area contributed by atoms with Crippen LogP contribution >= 0.6 is 0 Å². The summed E-state index contributed by atoms with van der Waals surface area (Å²) in [5, 5.41) is 8.92. The van der Waals surface area contributed by atoms with Gasteiger partial charge in [-0.05, 0) is 13.3 Å². The van der Waals surface area contributed by atoms with E-state index in [-0.39, 0.29) is 12.2 Å². The van der Waals surface area contributed by atoms with Crippen molar-refractivity contribution in [3.63, 3.8) is 0 Å². The molecule has 21 heavy (non-hydrogen) atoms. The highest BCUT2D eigenvalue weighted by molar-refractivity contribution is 5.93. The zero-order valence-electron chi connectivity index (χ0n) is 11.0. The molecule has 2 heterocycles. The van der Waals surface area contributed by atoms with E-state index in [1.165, 1.54) is 6.20 Å². The molecule has 2 rings (SSSR count). The number of carbonyl (C=O) groups excluding carboxylic acids is 1. The summed E-state index contributed by atoms with van der Waals surface area (Å²) in [6, 6.07) is 0. The number of likely N-dealkylation sites (tertiary alicyclic amines) is 1. The maximum atomic E-state index is 13.0. The number of rotatable bonds is 2. The number of hydrogen-bond donors (Lipinski definition) is 1. The van der Waals surface area contributed by atoms with Crippen molar-refractivity contribution in [3.05, 3.63) is 23.8 Å². The number of carbonyl (C=O) groups is 2. The summed E-state index contributed by atoms with van der Waals surface area (Å²) in [5.41, 5.74) is -2.46. The Bertz CT molecular complexity index is 573. The van der Waals surface area contributed by atoms with E-state index < -0.39 is 36.4 Å². The van der Waals surface area contributed by atoms with Crippen LogP contribution in [0.2, 0.25) is 0 Å². The molecular weight excluding hydrogens is 291 g/mol. The van der Waals surface area contributed by atoms with Crippen LogP contribution in [0.25, 0.3) is 0 Å². The lowest BCUT2D eigenvalue weighted by Crippen LogP contribution is -2.47. The second-order valence-electron chi connectivity index (χ2n) is 4.90. The molecule has 9 heteroatoms. The largest absolute Gasteiger partial charge is 0.481 e. The molecule has 1 aromatic rings. The van der Waals surface area contributed by atoms with Gasteiger partial charge in [-0.25, -0.2) is 4.98 Å². The Balaban J connectivity index is 2.23. The van der Waals surface area contributed by atoms with E-state index in [0.29, 0.717) is 5.69 Å². The standard InChI is InChI=1S/C12H12F3N3O3/c1-7-4-17-8(5-16-7)9(19)18-3-2-11(6-18,10(20)21)12(13,14)15/h4-5H,2-3,6H2,1H3,(H,20,21). The molecule has 1 atom stereocenters. The number of nitrogens with zero attached hydrogens (tertiary/aromatic N) is 3. The fourth-order valence-electron chi connectivity index (χ4n) is 2.18. The van der Waals surface area contributed by atoms with Crippen LogP contribution in [0, 0.1) is 12.3 Å². The summed E-state index contributed by atoms with van der Waals surface area (Å²) in [7, 11) is 0. The molecule has 1 amide bonds. The van der Waals surface area contributed by atoms with Gasteiger partial charge in [0.15, 0.2) is 5.41 Å². The Labute approximate surface area is 117 Å². The fourth-order valence-corrected chi connectivity index (χ4v) is 2.18. The van der Waals surface area contributed by atoms with Crippen molar-refractivity contribution in [2.45, 2.75) is 19.5 Å². The number of carboxylic acids is 1. The highest BCUT2D eigenvalue weighted by Crippen LogP contribution is 2.45. The summed E-state index contributed by atoms with van der Waals surface area (Å²) >= 11 is 0. The van der Waals surface area contributed by atoms with Gasteiger partial charge in [-0.3, -0.25) is 14.6 Å². The topological polar surface area (TPSA) is 83.4 Å². The number of alkyl halides is 3. The van der Waals surface area contributed by atoms with Crippen molar-refractivity contribution in [1.82, 2.24) is 14.9 Å². The van der Waals surface area contributed by atoms with Gasteiger partial charge in [-0.2, -0.15) is 13.2 Å². The third-order valence-corrected chi connectivity index (χ3v) is 3.51. The van der Waals surface area contributed by atoms with E-state index in [0.717, 1.165) is 11.1 Å². The van der Waals surface area contributed by atoms with Gasteiger partial charge in [0.1, 0.15) is 5.69 Å². The van der Waals surface area contributed by atoms with E-state index >= 15 is 0 Å². The maximum Gasteiger partial charge on any atom is 0.406 e. The fraction of sp³-hybridized carbons (Fsp3) is 0.500. The second-order valence-corrected chi connectivity index (χ2v) is 4.90. The molecule has 0 spiro atoms. The minimum Gasteiger partial charge on any atom is -0.481 e. The summed E-state index contributed by atoms with van der Waals surface area (Å²) in [4.78, 5) is 31.6. The van der Waals surface area contributed by atoms with Gasteiger partial charge < -0.3 is 10.0 Å². The van der Waals surface area contributed by atoms with Gasteiger partial charge in [0, 0.05) is 19.3 Å². The van der Waals surface area contributed by atoms with Gasteiger partial charge in [-0.15, -0.1) is 0 Å². The molecule has 0 radical (unpaired) electrons. The van der Waals surface area contributed by atoms with Crippen LogP contribution in [0.1, 0.15) is 22.6 Å². The van der Waals surface area contributed by atoms with Crippen LogP contribution in [0.3, 0.4) is 0 Å². The first-order valence-corrected chi connectivity index (χ1v) is 6.05. The van der Waals surface area contributed by atoms with Gasteiger partial charge in [-0.1, -0.05) is 0 Å². The first kappa shape index (κ1) is 15.2. The SMILES string of the molecule is Cc1cnc(C(=O)N2CCC(C(=O)O)(C(F)(F)F)C2)cn1. The molecule has 0 aromatic carbocycles. The second kappa shape index (κ2) is 4.97. The average molecular weight is 303 g/mol. The van der Waals surface area contributed by atoms with Crippen LogP contribution in [0.15, 0.2) is 12.4 Å². The lowest BCUT2D eigenvalue weighted by Gasteiger charge is -2.27. The highest BCUT2D eigenvalue weighted by atomic mass is 19.4. The van der Waals surface area contributed by atoms with E-state index in [1.54, 1.807) is 6.92 Å². The smallest absolute Gasteiger partial charge is 0.406 e. The molecule has 1 aliphatic rings. The van der Waals surface area contributed by atoms with Crippen LogP contribution in [-0.4, -0.2) is 51.1 Å². The average Bonchev–Trinajstić information content (AvgIpc) is 2.84. The van der Waals surface area contributed by atoms with Crippen molar-refractivity contribution < 1.29 is 27.9 Å².